The Hall–Kier alpha value is -1.18. The van der Waals surface area contributed by atoms with Gasteiger partial charge in [0.15, 0.2) is 0 Å². The second-order valence-electron chi connectivity index (χ2n) is 11.8. The molecule has 41 heavy (non-hydrogen) atoms. The fourth-order valence-electron chi connectivity index (χ4n) is 5.02. The van der Waals surface area contributed by atoms with E-state index >= 15 is 0 Å². The van der Waals surface area contributed by atoms with Gasteiger partial charge in [-0.05, 0) is 38.5 Å². The molecule has 0 heterocycles. The summed E-state index contributed by atoms with van der Waals surface area (Å²) in [5.74, 6) is -0.990. The molecule has 0 saturated carbocycles. The Morgan fingerprint density at radius 2 is 1.05 bits per heavy atom. The Morgan fingerprint density at radius 3 is 1.54 bits per heavy atom. The number of unbranched alkanes of at least 4 members (excludes halogenated alkanes) is 20. The number of hydrogen-bond donors (Lipinski definition) is 3. The maximum absolute atomic E-state index is 12.4. The summed E-state index contributed by atoms with van der Waals surface area (Å²) in [5, 5.41) is 13.1. The number of aliphatic hydroxyl groups excluding tert-OH is 1. The molecule has 242 valence electrons. The van der Waals surface area contributed by atoms with Crippen LogP contribution in [0, 0.1) is 0 Å². The molecule has 6 nitrogen and oxygen atoms in total. The van der Waals surface area contributed by atoms with Crippen LogP contribution in [0.3, 0.4) is 0 Å². The third kappa shape index (κ3) is 30.1. The summed E-state index contributed by atoms with van der Waals surface area (Å²) in [4.78, 5) is 12.4. The molecule has 0 fully saturated rings. The Morgan fingerprint density at radius 1 is 0.634 bits per heavy atom. The molecule has 0 aliphatic heterocycles. The van der Waals surface area contributed by atoms with Crippen LogP contribution in [0.15, 0.2) is 24.3 Å². The quantitative estimate of drug-likeness (QED) is 0.0434. The summed E-state index contributed by atoms with van der Waals surface area (Å²) in [5.41, 5.74) is 0. The Kier molecular flexibility index (Phi) is 28.1. The van der Waals surface area contributed by atoms with Crippen LogP contribution in [-0.4, -0.2) is 41.9 Å². The van der Waals surface area contributed by atoms with E-state index in [4.69, 9.17) is 0 Å². The number of rotatable bonds is 30. The summed E-state index contributed by atoms with van der Waals surface area (Å²) in [6.07, 6.45) is 34.4. The lowest BCUT2D eigenvalue weighted by molar-refractivity contribution is -0.122. The van der Waals surface area contributed by atoms with Crippen LogP contribution in [-0.2, 0) is 14.9 Å². The summed E-state index contributed by atoms with van der Waals surface area (Å²) < 4.78 is 32.2. The zero-order valence-corrected chi connectivity index (χ0v) is 27.5. The second-order valence-corrected chi connectivity index (χ2v) is 13.3. The summed E-state index contributed by atoms with van der Waals surface area (Å²) in [7, 11) is -4.33. The molecule has 0 aliphatic carbocycles. The first-order valence-corrected chi connectivity index (χ1v) is 18.6. The number of carbonyl (C=O) groups is 1. The normalized spacial score (nSPS) is 13.8. The first kappa shape index (κ1) is 39.8. The van der Waals surface area contributed by atoms with Crippen LogP contribution in [0.5, 0.6) is 0 Å². The number of hydrogen-bond acceptors (Lipinski definition) is 4. The molecule has 0 saturated heterocycles. The lowest BCUT2D eigenvalue weighted by Gasteiger charge is -2.21. The molecule has 3 N–H and O–H groups in total. The molecule has 0 radical (unpaired) electrons. The van der Waals surface area contributed by atoms with Crippen molar-refractivity contribution >= 4 is 16.0 Å². The first-order valence-electron chi connectivity index (χ1n) is 17.0. The van der Waals surface area contributed by atoms with Crippen LogP contribution in [0.4, 0.5) is 0 Å². The van der Waals surface area contributed by atoms with Gasteiger partial charge in [-0.1, -0.05) is 147 Å². The zero-order chi connectivity index (χ0) is 30.4. The van der Waals surface area contributed by atoms with Crippen molar-refractivity contribution in [3.8, 4) is 0 Å². The van der Waals surface area contributed by atoms with Gasteiger partial charge in [0.2, 0.25) is 5.91 Å². The van der Waals surface area contributed by atoms with Crippen LogP contribution in [0.1, 0.15) is 168 Å². The fraction of sp³-hybridized carbons (Fsp3) is 0.853. The van der Waals surface area contributed by atoms with E-state index < -0.39 is 28.0 Å². The van der Waals surface area contributed by atoms with Gasteiger partial charge in [0.25, 0.3) is 10.1 Å². The SMILES string of the molecule is CCCC/C=C\CCCCCCCC(=O)NC(CS(=O)(=O)O)C(O)/C=C/CCCCCCCCCCCCCCC. The van der Waals surface area contributed by atoms with Gasteiger partial charge >= 0.3 is 0 Å². The highest BCUT2D eigenvalue weighted by Crippen LogP contribution is 2.14. The number of carbonyl (C=O) groups excluding carboxylic acids is 1. The molecule has 2 atom stereocenters. The summed E-state index contributed by atoms with van der Waals surface area (Å²) >= 11 is 0. The van der Waals surface area contributed by atoms with Crippen molar-refractivity contribution < 1.29 is 22.9 Å². The van der Waals surface area contributed by atoms with Crippen LogP contribution in [0.25, 0.3) is 0 Å². The highest BCUT2D eigenvalue weighted by atomic mass is 32.2. The molecule has 2 unspecified atom stereocenters. The van der Waals surface area contributed by atoms with Gasteiger partial charge in [-0.3, -0.25) is 9.35 Å². The van der Waals surface area contributed by atoms with Crippen LogP contribution in [0.2, 0.25) is 0 Å². The van der Waals surface area contributed by atoms with E-state index in [0.29, 0.717) is 0 Å². The van der Waals surface area contributed by atoms with E-state index in [9.17, 15) is 22.9 Å². The predicted molar refractivity (Wildman–Crippen MR) is 175 cm³/mol. The first-order chi connectivity index (χ1) is 19.8. The minimum Gasteiger partial charge on any atom is -0.387 e. The second kappa shape index (κ2) is 28.9. The molecule has 0 aromatic carbocycles. The van der Waals surface area contributed by atoms with E-state index in [-0.39, 0.29) is 12.3 Å². The molecule has 0 rings (SSSR count). The molecule has 0 bridgehead atoms. The van der Waals surface area contributed by atoms with Crippen molar-refractivity contribution in [3.63, 3.8) is 0 Å². The molecule has 0 spiro atoms. The predicted octanol–water partition coefficient (Wildman–Crippen LogP) is 9.23. The van der Waals surface area contributed by atoms with E-state index in [2.05, 4.69) is 31.3 Å². The minimum absolute atomic E-state index is 0.286. The van der Waals surface area contributed by atoms with Gasteiger partial charge in [0.1, 0.15) is 0 Å². The number of amides is 1. The highest BCUT2D eigenvalue weighted by Gasteiger charge is 2.24. The highest BCUT2D eigenvalue weighted by molar-refractivity contribution is 7.85. The lowest BCUT2D eigenvalue weighted by atomic mass is 10.0. The van der Waals surface area contributed by atoms with Gasteiger partial charge in [0, 0.05) is 6.42 Å². The van der Waals surface area contributed by atoms with Crippen molar-refractivity contribution in [3.05, 3.63) is 24.3 Å². The monoisotopic (exact) mass is 599 g/mol. The number of nitrogens with one attached hydrogen (secondary N) is 1. The average molecular weight is 600 g/mol. The minimum atomic E-state index is -4.33. The maximum atomic E-state index is 12.4. The van der Waals surface area contributed by atoms with Gasteiger partial charge < -0.3 is 10.4 Å². The van der Waals surface area contributed by atoms with Crippen molar-refractivity contribution in [1.82, 2.24) is 5.32 Å². The standard InChI is InChI=1S/C34H65NO5S/c1-3-5-7-9-11-13-15-16-17-18-20-21-23-25-27-29-33(36)32(31-41(38,39)40)35-34(37)30-28-26-24-22-19-14-12-10-8-6-4-2/h10,12,27,29,32-33,36H,3-9,11,13-26,28,30-31H2,1-2H3,(H,35,37)(H,38,39,40)/b12-10-,29-27+. The number of aliphatic hydroxyl groups is 1. The molecule has 7 heteroatoms. The topological polar surface area (TPSA) is 104 Å². The Bertz CT molecular complexity index is 750. The summed E-state index contributed by atoms with van der Waals surface area (Å²) in [6.45, 7) is 4.45. The van der Waals surface area contributed by atoms with Gasteiger partial charge in [-0.25, -0.2) is 0 Å². The average Bonchev–Trinajstić information content (AvgIpc) is 2.92. The smallest absolute Gasteiger partial charge is 0.267 e. The van der Waals surface area contributed by atoms with Gasteiger partial charge in [-0.15, -0.1) is 0 Å². The molecule has 1 amide bonds. The molecule has 0 aromatic rings. The van der Waals surface area contributed by atoms with E-state index in [1.807, 2.05) is 6.08 Å². The number of allylic oxidation sites excluding steroid dienone is 3. The molecular formula is C34H65NO5S. The molecule has 0 aromatic heterocycles. The van der Waals surface area contributed by atoms with Gasteiger partial charge in [-0.2, -0.15) is 8.42 Å². The Balaban J connectivity index is 4.04. The van der Waals surface area contributed by atoms with Crippen molar-refractivity contribution in [2.75, 3.05) is 5.75 Å². The van der Waals surface area contributed by atoms with Crippen molar-refractivity contribution in [2.24, 2.45) is 0 Å². The third-order valence-electron chi connectivity index (χ3n) is 7.62. The van der Waals surface area contributed by atoms with E-state index in [1.165, 1.54) is 83.5 Å². The van der Waals surface area contributed by atoms with Crippen molar-refractivity contribution in [1.29, 1.82) is 0 Å². The maximum Gasteiger partial charge on any atom is 0.267 e. The van der Waals surface area contributed by atoms with E-state index in [0.717, 1.165) is 64.2 Å². The summed E-state index contributed by atoms with van der Waals surface area (Å²) in [6, 6.07) is -1.06. The largest absolute Gasteiger partial charge is 0.387 e. The van der Waals surface area contributed by atoms with Crippen molar-refractivity contribution in [2.45, 2.75) is 180 Å². The van der Waals surface area contributed by atoms with Gasteiger partial charge in [0.05, 0.1) is 17.9 Å². The Labute approximate surface area is 254 Å². The van der Waals surface area contributed by atoms with Crippen LogP contribution >= 0.6 is 0 Å². The van der Waals surface area contributed by atoms with E-state index in [1.54, 1.807) is 6.08 Å². The van der Waals surface area contributed by atoms with Crippen LogP contribution < -0.4 is 5.32 Å². The fourth-order valence-corrected chi connectivity index (χ4v) is 5.75. The third-order valence-corrected chi connectivity index (χ3v) is 8.40. The molecule has 0 aliphatic rings. The zero-order valence-electron chi connectivity index (χ0n) is 26.7. The lowest BCUT2D eigenvalue weighted by Crippen LogP contribution is -2.46. The molecular weight excluding hydrogens is 534 g/mol.